The van der Waals surface area contributed by atoms with E-state index in [0.717, 1.165) is 83.2 Å². The fourth-order valence-corrected chi connectivity index (χ4v) is 8.57. The Labute approximate surface area is 326 Å². The van der Waals surface area contributed by atoms with Gasteiger partial charge in [-0.1, -0.05) is 127 Å². The molecule has 0 radical (unpaired) electrons. The zero-order valence-electron chi connectivity index (χ0n) is 30.6. The number of nitrogens with zero attached hydrogens (tertiary/aromatic N) is 3. The zero-order valence-corrected chi connectivity index (χ0v) is 30.6. The number of aromatic nitrogens is 3. The Morgan fingerprint density at radius 2 is 1.02 bits per heavy atom. The first-order valence-corrected chi connectivity index (χ1v) is 19.1. The van der Waals surface area contributed by atoms with Crippen LogP contribution in [0.3, 0.4) is 0 Å². The highest BCUT2D eigenvalue weighted by Gasteiger charge is 2.21. The highest BCUT2D eigenvalue weighted by atomic mass is 16.3. The normalized spacial score (nSPS) is 11.9. The Morgan fingerprint density at radius 1 is 0.386 bits per heavy atom. The van der Waals surface area contributed by atoms with Gasteiger partial charge in [0.25, 0.3) is 0 Å². The molecule has 12 aromatic rings. The highest BCUT2D eigenvalue weighted by Crippen LogP contribution is 2.42. The lowest BCUT2D eigenvalue weighted by Gasteiger charge is -2.08. The molecule has 266 valence electrons. The van der Waals surface area contributed by atoms with Crippen molar-refractivity contribution in [2.75, 3.05) is 0 Å². The first-order valence-electron chi connectivity index (χ1n) is 19.1. The average molecular weight is 730 g/mol. The van der Waals surface area contributed by atoms with Crippen LogP contribution in [0.4, 0.5) is 0 Å². The van der Waals surface area contributed by atoms with E-state index >= 15 is 0 Å². The van der Waals surface area contributed by atoms with Crippen molar-refractivity contribution in [1.82, 2.24) is 14.5 Å². The molecule has 57 heavy (non-hydrogen) atoms. The zero-order chi connectivity index (χ0) is 37.5. The van der Waals surface area contributed by atoms with Crippen LogP contribution in [0.1, 0.15) is 0 Å². The smallest absolute Gasteiger partial charge is 0.180 e. The maximum absolute atomic E-state index is 6.57. The van der Waals surface area contributed by atoms with Gasteiger partial charge in [0.1, 0.15) is 28.0 Å². The quantitative estimate of drug-likeness (QED) is 0.177. The van der Waals surface area contributed by atoms with Crippen molar-refractivity contribution in [1.29, 1.82) is 0 Å². The Hall–Kier alpha value is -7.76. The van der Waals surface area contributed by atoms with E-state index in [-0.39, 0.29) is 0 Å². The molecule has 0 aliphatic heterocycles. The van der Waals surface area contributed by atoms with E-state index in [1.165, 1.54) is 21.8 Å². The molecule has 5 heteroatoms. The maximum atomic E-state index is 6.57. The summed E-state index contributed by atoms with van der Waals surface area (Å²) in [5, 5.41) is 5.54. The van der Waals surface area contributed by atoms with Crippen molar-refractivity contribution in [2.45, 2.75) is 0 Å². The summed E-state index contributed by atoms with van der Waals surface area (Å²) >= 11 is 0. The monoisotopic (exact) mass is 729 g/mol. The number of para-hydroxylation sites is 2. The third-order valence-corrected chi connectivity index (χ3v) is 11.2. The predicted molar refractivity (Wildman–Crippen MR) is 233 cm³/mol. The van der Waals surface area contributed by atoms with Crippen molar-refractivity contribution in [3.8, 4) is 50.6 Å². The first kappa shape index (κ1) is 31.6. The van der Waals surface area contributed by atoms with E-state index in [0.29, 0.717) is 11.4 Å². The molecule has 0 atom stereocenters. The van der Waals surface area contributed by atoms with Crippen LogP contribution in [0.25, 0.3) is 116 Å². The van der Waals surface area contributed by atoms with Crippen molar-refractivity contribution >= 4 is 65.8 Å². The topological polar surface area (TPSA) is 57.0 Å². The van der Waals surface area contributed by atoms with Gasteiger partial charge in [-0.15, -0.1) is 0 Å². The molecule has 0 fully saturated rings. The molecular formula is C52H31N3O2. The second kappa shape index (κ2) is 12.4. The van der Waals surface area contributed by atoms with Crippen LogP contribution in [0.5, 0.6) is 0 Å². The molecule has 12 rings (SSSR count). The first-order chi connectivity index (χ1) is 28.2. The van der Waals surface area contributed by atoms with Crippen LogP contribution >= 0.6 is 0 Å². The average Bonchev–Trinajstić information content (AvgIpc) is 3.96. The van der Waals surface area contributed by atoms with Crippen molar-refractivity contribution in [3.05, 3.63) is 188 Å². The van der Waals surface area contributed by atoms with E-state index in [4.69, 9.17) is 18.8 Å². The molecule has 8 aromatic carbocycles. The fourth-order valence-electron chi connectivity index (χ4n) is 8.57. The third-order valence-electron chi connectivity index (χ3n) is 11.2. The Balaban J connectivity index is 1.03. The van der Waals surface area contributed by atoms with Gasteiger partial charge in [-0.3, -0.25) is 0 Å². The van der Waals surface area contributed by atoms with Gasteiger partial charge < -0.3 is 13.4 Å². The summed E-state index contributed by atoms with van der Waals surface area (Å²) in [6, 6.07) is 65.6. The van der Waals surface area contributed by atoms with Gasteiger partial charge in [0.05, 0.1) is 11.0 Å². The minimum Gasteiger partial charge on any atom is -0.456 e. The summed E-state index contributed by atoms with van der Waals surface area (Å²) in [5.74, 6) is 0.660. The van der Waals surface area contributed by atoms with Crippen molar-refractivity contribution < 1.29 is 8.83 Å². The van der Waals surface area contributed by atoms with Gasteiger partial charge >= 0.3 is 0 Å². The van der Waals surface area contributed by atoms with E-state index in [1.807, 2.05) is 48.5 Å². The molecule has 0 amide bonds. The SMILES string of the molecule is c1ccc(-c2nc(-c3ccccc3)c3oc4ccc(-c5cccc6oc7ccc(-c8ccc9c(c8)c8ccccc8n9-c8ccccc8)cc7c56)cc4c3n2)cc1. The summed E-state index contributed by atoms with van der Waals surface area (Å²) in [4.78, 5) is 10.2. The Kier molecular flexibility index (Phi) is 6.86. The van der Waals surface area contributed by atoms with Crippen molar-refractivity contribution in [3.63, 3.8) is 0 Å². The fraction of sp³-hybridized carbons (Fsp3) is 0. The number of hydrogen-bond acceptors (Lipinski definition) is 4. The second-order valence-electron chi connectivity index (χ2n) is 14.5. The molecule has 0 spiro atoms. The molecule has 0 aliphatic rings. The van der Waals surface area contributed by atoms with Crippen LogP contribution in [0.2, 0.25) is 0 Å². The summed E-state index contributed by atoms with van der Waals surface area (Å²) in [5.41, 5.74) is 14.6. The van der Waals surface area contributed by atoms with Crippen LogP contribution in [-0.2, 0) is 0 Å². The molecule has 0 bridgehead atoms. The van der Waals surface area contributed by atoms with E-state index in [1.54, 1.807) is 0 Å². The molecule has 0 saturated carbocycles. The number of fused-ring (bicyclic) bond motifs is 9. The van der Waals surface area contributed by atoms with Gasteiger partial charge in [-0.25, -0.2) is 9.97 Å². The lowest BCUT2D eigenvalue weighted by Crippen LogP contribution is -1.93. The number of hydrogen-bond donors (Lipinski definition) is 0. The summed E-state index contributed by atoms with van der Waals surface area (Å²) in [6.45, 7) is 0. The van der Waals surface area contributed by atoms with Gasteiger partial charge in [-0.05, 0) is 82.9 Å². The Bertz CT molecular complexity index is 3510. The molecule has 0 unspecified atom stereocenters. The van der Waals surface area contributed by atoms with Crippen LogP contribution in [-0.4, -0.2) is 14.5 Å². The molecular weight excluding hydrogens is 699 g/mol. The summed E-state index contributed by atoms with van der Waals surface area (Å²) in [6.07, 6.45) is 0. The minimum absolute atomic E-state index is 0.660. The standard InChI is InChI=1S/C52H31N3O2/c1-4-13-32(14-5-1)49-51-50(54-52(53-49)33-15-6-2-7-16-33)42-31-36(25-28-46(42)57-51)38-20-12-22-47-48(38)41-30-35(24-27-45(41)56-47)34-23-26-44-40(29-34)39-19-10-11-21-43(39)55(44)37-17-8-3-9-18-37/h1-31H. The molecule has 5 nitrogen and oxygen atoms in total. The highest BCUT2D eigenvalue weighted by molar-refractivity contribution is 6.16. The summed E-state index contributed by atoms with van der Waals surface area (Å²) in [7, 11) is 0. The molecule has 0 N–H and O–H groups in total. The van der Waals surface area contributed by atoms with E-state index < -0.39 is 0 Å². The molecule has 4 heterocycles. The van der Waals surface area contributed by atoms with Crippen molar-refractivity contribution in [2.24, 2.45) is 0 Å². The predicted octanol–water partition coefficient (Wildman–Crippen LogP) is 14.0. The van der Waals surface area contributed by atoms with Crippen LogP contribution < -0.4 is 0 Å². The largest absolute Gasteiger partial charge is 0.456 e. The van der Waals surface area contributed by atoms with Gasteiger partial charge in [-0.2, -0.15) is 0 Å². The Morgan fingerprint density at radius 3 is 1.82 bits per heavy atom. The molecule has 0 aliphatic carbocycles. The lowest BCUT2D eigenvalue weighted by molar-refractivity contribution is 0.667. The van der Waals surface area contributed by atoms with E-state index in [2.05, 4.69) is 144 Å². The van der Waals surface area contributed by atoms with Gasteiger partial charge in [0.15, 0.2) is 11.4 Å². The van der Waals surface area contributed by atoms with Gasteiger partial charge in [0, 0.05) is 43.7 Å². The number of benzene rings is 8. The number of rotatable bonds is 5. The third kappa shape index (κ3) is 4.96. The summed E-state index contributed by atoms with van der Waals surface area (Å²) < 4.78 is 15.4. The second-order valence-corrected chi connectivity index (χ2v) is 14.5. The molecule has 4 aromatic heterocycles. The van der Waals surface area contributed by atoms with Crippen LogP contribution in [0, 0.1) is 0 Å². The lowest BCUT2D eigenvalue weighted by atomic mass is 9.96. The van der Waals surface area contributed by atoms with E-state index in [9.17, 15) is 0 Å². The molecule has 0 saturated heterocycles. The van der Waals surface area contributed by atoms with Crippen LogP contribution in [0.15, 0.2) is 197 Å². The minimum atomic E-state index is 0.660. The number of furan rings is 2. The van der Waals surface area contributed by atoms with Gasteiger partial charge in [0.2, 0.25) is 0 Å². The maximum Gasteiger partial charge on any atom is 0.180 e.